The molecule has 1 aliphatic rings. The molecular weight excluding hydrogens is 302 g/mol. The molecule has 2 rings (SSSR count). The van der Waals surface area contributed by atoms with Crippen molar-refractivity contribution in [2.45, 2.75) is 24.3 Å². The van der Waals surface area contributed by atoms with Gasteiger partial charge < -0.3 is 5.11 Å². The molecule has 1 aromatic carbocycles. The highest BCUT2D eigenvalue weighted by molar-refractivity contribution is 7.89. The fourth-order valence-electron chi connectivity index (χ4n) is 2.24. The maximum Gasteiger partial charge on any atom is 0.249 e. The van der Waals surface area contributed by atoms with Crippen molar-refractivity contribution in [1.82, 2.24) is 4.31 Å². The zero-order valence-electron chi connectivity index (χ0n) is 11.3. The Kier molecular flexibility index (Phi) is 4.27. The Morgan fingerprint density at radius 3 is 2.43 bits per heavy atom. The minimum Gasteiger partial charge on any atom is -0.391 e. The highest BCUT2D eigenvalue weighted by Crippen LogP contribution is 2.27. The van der Waals surface area contributed by atoms with Crippen LogP contribution >= 0.6 is 0 Å². The Morgan fingerprint density at radius 1 is 1.38 bits per heavy atom. The summed E-state index contributed by atoms with van der Waals surface area (Å²) in [7, 11) is -4.39. The van der Waals surface area contributed by atoms with Crippen molar-refractivity contribution in [2.24, 2.45) is 5.92 Å². The Hall–Kier alpha value is -1.56. The lowest BCUT2D eigenvalue weighted by Gasteiger charge is -2.33. The van der Waals surface area contributed by atoms with Crippen molar-refractivity contribution in [3.63, 3.8) is 0 Å². The van der Waals surface area contributed by atoms with Crippen LogP contribution in [-0.4, -0.2) is 37.0 Å². The molecule has 21 heavy (non-hydrogen) atoms. The van der Waals surface area contributed by atoms with E-state index in [1.165, 1.54) is 0 Å². The van der Waals surface area contributed by atoms with E-state index in [1.807, 2.05) is 0 Å². The monoisotopic (exact) mass is 316 g/mol. The van der Waals surface area contributed by atoms with Crippen LogP contribution in [0.1, 0.15) is 18.9 Å². The molecule has 0 spiro atoms. The molecule has 0 amide bonds. The number of aliphatic hydroxyl groups is 1. The molecule has 0 radical (unpaired) electrons. The molecule has 5 nitrogen and oxygen atoms in total. The minimum absolute atomic E-state index is 0.0768. The number of benzene rings is 1. The lowest BCUT2D eigenvalue weighted by atomic mass is 9.98. The molecular formula is C13H14F2N2O3S. The number of halogens is 2. The average Bonchev–Trinajstić information content (AvgIpc) is 2.40. The molecule has 1 N–H and O–H groups in total. The Labute approximate surface area is 121 Å². The fourth-order valence-corrected chi connectivity index (χ4v) is 3.80. The Bertz CT molecular complexity index is 677. The first kappa shape index (κ1) is 15.8. The molecule has 8 heteroatoms. The maximum absolute atomic E-state index is 13.9. The summed E-state index contributed by atoms with van der Waals surface area (Å²) in [6, 6.07) is 2.91. The highest BCUT2D eigenvalue weighted by Gasteiger charge is 2.36. The molecule has 1 aromatic rings. The molecule has 0 aromatic heterocycles. The Balaban J connectivity index is 2.44. The molecule has 1 fully saturated rings. The lowest BCUT2D eigenvalue weighted by Crippen LogP contribution is -2.46. The second kappa shape index (κ2) is 5.67. The normalized spacial score (nSPS) is 23.8. The van der Waals surface area contributed by atoms with E-state index in [2.05, 4.69) is 0 Å². The summed E-state index contributed by atoms with van der Waals surface area (Å²) < 4.78 is 53.3. The molecule has 2 atom stereocenters. The summed E-state index contributed by atoms with van der Waals surface area (Å²) in [6.45, 7) is 1.65. The molecule has 0 aliphatic carbocycles. The van der Waals surface area contributed by atoms with Gasteiger partial charge in [-0.25, -0.2) is 17.2 Å². The van der Waals surface area contributed by atoms with Gasteiger partial charge in [-0.05, 0) is 24.5 Å². The fraction of sp³-hybridized carbons (Fsp3) is 0.462. The van der Waals surface area contributed by atoms with Crippen molar-refractivity contribution in [3.8, 4) is 6.07 Å². The van der Waals surface area contributed by atoms with Crippen LogP contribution in [0.2, 0.25) is 0 Å². The average molecular weight is 316 g/mol. The number of nitriles is 1. The summed E-state index contributed by atoms with van der Waals surface area (Å²) >= 11 is 0. The van der Waals surface area contributed by atoms with E-state index in [0.29, 0.717) is 18.6 Å². The third kappa shape index (κ3) is 2.90. The first-order chi connectivity index (χ1) is 9.77. The van der Waals surface area contributed by atoms with Crippen LogP contribution in [0.3, 0.4) is 0 Å². The topological polar surface area (TPSA) is 81.4 Å². The van der Waals surface area contributed by atoms with E-state index < -0.39 is 32.7 Å². The number of hydrogen-bond acceptors (Lipinski definition) is 4. The second-order valence-corrected chi connectivity index (χ2v) is 6.95. The number of hydrogen-bond donors (Lipinski definition) is 1. The van der Waals surface area contributed by atoms with Gasteiger partial charge in [-0.3, -0.25) is 0 Å². The molecule has 2 unspecified atom stereocenters. The van der Waals surface area contributed by atoms with Crippen LogP contribution in [0.4, 0.5) is 8.78 Å². The van der Waals surface area contributed by atoms with Gasteiger partial charge in [-0.1, -0.05) is 6.92 Å². The third-order valence-electron chi connectivity index (χ3n) is 3.61. The number of β-amino-alcohol motifs (C(OH)–C–C–N with tert-alkyl or cyclic N) is 1. The van der Waals surface area contributed by atoms with Gasteiger partial charge in [0.25, 0.3) is 0 Å². The van der Waals surface area contributed by atoms with Crippen molar-refractivity contribution < 1.29 is 22.3 Å². The van der Waals surface area contributed by atoms with Gasteiger partial charge in [0, 0.05) is 13.1 Å². The predicted molar refractivity (Wildman–Crippen MR) is 69.6 cm³/mol. The number of aliphatic hydroxyl groups excluding tert-OH is 1. The summed E-state index contributed by atoms with van der Waals surface area (Å²) in [5.74, 6) is -2.69. The largest absolute Gasteiger partial charge is 0.391 e. The lowest BCUT2D eigenvalue weighted by molar-refractivity contribution is 0.0603. The van der Waals surface area contributed by atoms with Gasteiger partial charge in [0.2, 0.25) is 10.0 Å². The highest BCUT2D eigenvalue weighted by atomic mass is 32.2. The SMILES string of the molecule is CC1CCN(S(=O)(=O)c2c(F)cc(C#N)cc2F)CC1O. The number of nitrogens with zero attached hydrogens (tertiary/aromatic N) is 2. The van der Waals surface area contributed by atoms with Crippen LogP contribution in [0, 0.1) is 28.9 Å². The first-order valence-corrected chi connectivity index (χ1v) is 7.78. The van der Waals surface area contributed by atoms with Gasteiger partial charge in [0.05, 0.1) is 17.7 Å². The maximum atomic E-state index is 13.9. The van der Waals surface area contributed by atoms with Crippen LogP contribution in [0.15, 0.2) is 17.0 Å². The Morgan fingerprint density at radius 2 is 1.95 bits per heavy atom. The van der Waals surface area contributed by atoms with Crippen molar-refractivity contribution >= 4 is 10.0 Å². The first-order valence-electron chi connectivity index (χ1n) is 6.34. The molecule has 1 heterocycles. The smallest absolute Gasteiger partial charge is 0.249 e. The quantitative estimate of drug-likeness (QED) is 0.890. The molecule has 1 aliphatic heterocycles. The van der Waals surface area contributed by atoms with E-state index in [0.717, 1.165) is 4.31 Å². The van der Waals surface area contributed by atoms with Crippen LogP contribution < -0.4 is 0 Å². The second-order valence-electron chi connectivity index (χ2n) is 5.08. The predicted octanol–water partition coefficient (Wildman–Crippen LogP) is 1.23. The number of sulfonamides is 1. The zero-order chi connectivity index (χ0) is 15.8. The number of piperidine rings is 1. The van der Waals surface area contributed by atoms with E-state index in [9.17, 15) is 22.3 Å². The van der Waals surface area contributed by atoms with Crippen LogP contribution in [0.25, 0.3) is 0 Å². The van der Waals surface area contributed by atoms with Gasteiger partial charge in [-0.2, -0.15) is 9.57 Å². The van der Waals surface area contributed by atoms with Crippen molar-refractivity contribution in [1.29, 1.82) is 5.26 Å². The summed E-state index contributed by atoms with van der Waals surface area (Å²) in [6.07, 6.45) is -0.474. The van der Waals surface area contributed by atoms with E-state index in [1.54, 1.807) is 13.0 Å². The van der Waals surface area contributed by atoms with Crippen molar-refractivity contribution in [3.05, 3.63) is 29.3 Å². The van der Waals surface area contributed by atoms with E-state index in [4.69, 9.17) is 5.26 Å². The standard InChI is InChI=1S/C13H14F2N2O3S/c1-8-2-3-17(7-12(8)18)21(19,20)13-10(14)4-9(6-16)5-11(13)15/h4-5,8,12,18H,2-3,7H2,1H3. The van der Waals surface area contributed by atoms with E-state index >= 15 is 0 Å². The molecule has 1 saturated heterocycles. The number of rotatable bonds is 2. The minimum atomic E-state index is -4.39. The zero-order valence-corrected chi connectivity index (χ0v) is 12.1. The van der Waals surface area contributed by atoms with Gasteiger partial charge >= 0.3 is 0 Å². The van der Waals surface area contributed by atoms with Gasteiger partial charge in [0.15, 0.2) is 4.90 Å². The van der Waals surface area contributed by atoms with Crippen LogP contribution in [-0.2, 0) is 10.0 Å². The molecule has 0 bridgehead atoms. The molecule has 114 valence electrons. The van der Waals surface area contributed by atoms with Gasteiger partial charge in [0.1, 0.15) is 11.6 Å². The summed E-state index contributed by atoms with van der Waals surface area (Å²) in [4.78, 5) is -1.08. The van der Waals surface area contributed by atoms with Crippen LogP contribution in [0.5, 0.6) is 0 Å². The van der Waals surface area contributed by atoms with E-state index in [-0.39, 0.29) is 24.6 Å². The molecule has 0 saturated carbocycles. The summed E-state index contributed by atoms with van der Waals surface area (Å²) in [5.41, 5.74) is -0.295. The van der Waals surface area contributed by atoms with Gasteiger partial charge in [-0.15, -0.1) is 0 Å². The summed E-state index contributed by atoms with van der Waals surface area (Å²) in [5, 5.41) is 18.4. The van der Waals surface area contributed by atoms with Crippen molar-refractivity contribution in [2.75, 3.05) is 13.1 Å². The third-order valence-corrected chi connectivity index (χ3v) is 5.52.